The average molecular weight is 274 g/mol. The van der Waals surface area contributed by atoms with Crippen molar-refractivity contribution < 1.29 is 17.9 Å². The number of rotatable bonds is 4. The number of halogens is 3. The van der Waals surface area contributed by atoms with Crippen molar-refractivity contribution in [1.82, 2.24) is 10.6 Å². The molecule has 1 aromatic carbocycles. The van der Waals surface area contributed by atoms with Crippen LogP contribution in [-0.2, 0) is 6.54 Å². The maximum atomic E-state index is 12.1. The van der Waals surface area contributed by atoms with Gasteiger partial charge in [-0.3, -0.25) is 0 Å². The summed E-state index contributed by atoms with van der Waals surface area (Å²) in [6, 6.07) is 6.44. The average Bonchev–Trinajstić information content (AvgIpc) is 2.36. The molecule has 0 aromatic heterocycles. The van der Waals surface area contributed by atoms with Gasteiger partial charge in [-0.05, 0) is 37.1 Å². The van der Waals surface area contributed by atoms with Gasteiger partial charge in [0.2, 0.25) is 0 Å². The number of nitrogens with one attached hydrogen (secondary N) is 2. The first-order valence-electron chi connectivity index (χ1n) is 6.32. The van der Waals surface area contributed by atoms with Gasteiger partial charge >= 0.3 is 6.36 Å². The molecule has 2 rings (SSSR count). The second kappa shape index (κ2) is 6.25. The Bertz CT molecular complexity index is 403. The van der Waals surface area contributed by atoms with Gasteiger partial charge in [0.15, 0.2) is 0 Å². The van der Waals surface area contributed by atoms with E-state index in [1.807, 2.05) is 0 Å². The van der Waals surface area contributed by atoms with Crippen molar-refractivity contribution in [2.75, 3.05) is 13.1 Å². The van der Waals surface area contributed by atoms with Crippen LogP contribution >= 0.6 is 0 Å². The largest absolute Gasteiger partial charge is 0.573 e. The summed E-state index contributed by atoms with van der Waals surface area (Å²) in [7, 11) is 0. The van der Waals surface area contributed by atoms with Crippen LogP contribution in [0.5, 0.6) is 5.75 Å². The third kappa shape index (κ3) is 5.08. The predicted molar refractivity (Wildman–Crippen MR) is 65.9 cm³/mol. The van der Waals surface area contributed by atoms with Gasteiger partial charge in [-0.25, -0.2) is 0 Å². The Morgan fingerprint density at radius 1 is 1.37 bits per heavy atom. The molecule has 1 aliphatic rings. The standard InChI is InChI=1S/C13H17F3N2O/c14-13(15,16)19-12-5-1-3-10(7-12)8-18-11-4-2-6-17-9-11/h1,3,5,7,11,17-18H,2,4,6,8-9H2. The highest BCUT2D eigenvalue weighted by Crippen LogP contribution is 2.23. The first kappa shape index (κ1) is 14.1. The molecular weight excluding hydrogens is 257 g/mol. The molecule has 0 bridgehead atoms. The van der Waals surface area contributed by atoms with Crippen LogP contribution < -0.4 is 15.4 Å². The highest BCUT2D eigenvalue weighted by Gasteiger charge is 2.31. The predicted octanol–water partition coefficient (Wildman–Crippen LogP) is 2.43. The maximum Gasteiger partial charge on any atom is 0.573 e. The highest BCUT2D eigenvalue weighted by atomic mass is 19.4. The van der Waals surface area contributed by atoms with E-state index in [1.54, 1.807) is 12.1 Å². The molecule has 1 saturated heterocycles. The van der Waals surface area contributed by atoms with Crippen LogP contribution in [0.4, 0.5) is 13.2 Å². The van der Waals surface area contributed by atoms with Crippen molar-refractivity contribution >= 4 is 0 Å². The van der Waals surface area contributed by atoms with E-state index in [0.717, 1.165) is 31.5 Å². The maximum absolute atomic E-state index is 12.1. The Hall–Kier alpha value is -1.27. The highest BCUT2D eigenvalue weighted by molar-refractivity contribution is 5.28. The van der Waals surface area contributed by atoms with E-state index in [1.165, 1.54) is 12.1 Å². The Kier molecular flexibility index (Phi) is 4.66. The molecule has 1 unspecified atom stereocenters. The number of alkyl halides is 3. The van der Waals surface area contributed by atoms with E-state index < -0.39 is 6.36 Å². The first-order chi connectivity index (χ1) is 9.03. The summed E-state index contributed by atoms with van der Waals surface area (Å²) in [5.41, 5.74) is 0.785. The van der Waals surface area contributed by atoms with Gasteiger partial charge in [0.05, 0.1) is 0 Å². The van der Waals surface area contributed by atoms with Crippen molar-refractivity contribution in [3.8, 4) is 5.75 Å². The van der Waals surface area contributed by atoms with Crippen molar-refractivity contribution in [2.45, 2.75) is 31.8 Å². The fourth-order valence-corrected chi connectivity index (χ4v) is 2.14. The molecule has 106 valence electrons. The summed E-state index contributed by atoms with van der Waals surface area (Å²) < 4.78 is 40.2. The summed E-state index contributed by atoms with van der Waals surface area (Å²) in [6.45, 7) is 2.48. The van der Waals surface area contributed by atoms with E-state index in [4.69, 9.17) is 0 Å². The van der Waals surface area contributed by atoms with Crippen molar-refractivity contribution in [3.05, 3.63) is 29.8 Å². The Balaban J connectivity index is 1.87. The van der Waals surface area contributed by atoms with Gasteiger partial charge < -0.3 is 15.4 Å². The topological polar surface area (TPSA) is 33.3 Å². The third-order valence-electron chi connectivity index (χ3n) is 3.02. The molecule has 1 aliphatic heterocycles. The lowest BCUT2D eigenvalue weighted by molar-refractivity contribution is -0.274. The summed E-state index contributed by atoms with van der Waals surface area (Å²) >= 11 is 0. The van der Waals surface area contributed by atoms with Crippen LogP contribution in [0.15, 0.2) is 24.3 Å². The molecule has 6 heteroatoms. The van der Waals surface area contributed by atoms with E-state index in [-0.39, 0.29) is 5.75 Å². The molecule has 1 fully saturated rings. The van der Waals surface area contributed by atoms with Crippen molar-refractivity contribution in [2.24, 2.45) is 0 Å². The lowest BCUT2D eigenvalue weighted by atomic mass is 10.1. The molecule has 1 heterocycles. The monoisotopic (exact) mass is 274 g/mol. The van der Waals surface area contributed by atoms with Gasteiger partial charge in [0.25, 0.3) is 0 Å². The Morgan fingerprint density at radius 2 is 2.21 bits per heavy atom. The second-order valence-corrected chi connectivity index (χ2v) is 4.62. The molecule has 0 saturated carbocycles. The van der Waals surface area contributed by atoms with Gasteiger partial charge in [0.1, 0.15) is 5.75 Å². The molecule has 2 N–H and O–H groups in total. The Labute approximate surface area is 110 Å². The molecule has 1 aromatic rings. The van der Waals surface area contributed by atoms with E-state index in [0.29, 0.717) is 12.6 Å². The third-order valence-corrected chi connectivity index (χ3v) is 3.02. The van der Waals surface area contributed by atoms with E-state index in [2.05, 4.69) is 15.4 Å². The summed E-state index contributed by atoms with van der Waals surface area (Å²) in [5.74, 6) is -0.173. The van der Waals surface area contributed by atoms with Gasteiger partial charge in [-0.1, -0.05) is 12.1 Å². The molecule has 0 amide bonds. The Morgan fingerprint density at radius 3 is 2.89 bits per heavy atom. The normalized spacial score (nSPS) is 20.3. The van der Waals surface area contributed by atoms with E-state index >= 15 is 0 Å². The molecule has 0 aliphatic carbocycles. The quantitative estimate of drug-likeness (QED) is 0.884. The molecule has 3 nitrogen and oxygen atoms in total. The van der Waals surface area contributed by atoms with Crippen LogP contribution in [-0.4, -0.2) is 25.5 Å². The van der Waals surface area contributed by atoms with Crippen molar-refractivity contribution in [3.63, 3.8) is 0 Å². The molecule has 0 spiro atoms. The molecule has 19 heavy (non-hydrogen) atoms. The number of benzene rings is 1. The lowest BCUT2D eigenvalue weighted by Crippen LogP contribution is -2.42. The van der Waals surface area contributed by atoms with E-state index in [9.17, 15) is 13.2 Å². The summed E-state index contributed by atoms with van der Waals surface area (Å²) in [6.07, 6.45) is -2.43. The van der Waals surface area contributed by atoms with Gasteiger partial charge in [0, 0.05) is 19.1 Å². The minimum Gasteiger partial charge on any atom is -0.406 e. The fourth-order valence-electron chi connectivity index (χ4n) is 2.14. The first-order valence-corrected chi connectivity index (χ1v) is 6.32. The number of piperidine rings is 1. The van der Waals surface area contributed by atoms with Crippen molar-refractivity contribution in [1.29, 1.82) is 0 Å². The summed E-state index contributed by atoms with van der Waals surface area (Å²) in [4.78, 5) is 0. The van der Waals surface area contributed by atoms with Gasteiger partial charge in [-0.2, -0.15) is 0 Å². The summed E-state index contributed by atoms with van der Waals surface area (Å²) in [5, 5.41) is 6.61. The molecule has 1 atom stereocenters. The SMILES string of the molecule is FC(F)(F)Oc1cccc(CNC2CCCNC2)c1. The van der Waals surface area contributed by atoms with Crippen LogP contribution in [0, 0.1) is 0 Å². The zero-order valence-electron chi connectivity index (χ0n) is 10.5. The molecular formula is C13H17F3N2O. The minimum atomic E-state index is -4.64. The number of hydrogen-bond donors (Lipinski definition) is 2. The zero-order valence-corrected chi connectivity index (χ0v) is 10.5. The second-order valence-electron chi connectivity index (χ2n) is 4.62. The molecule has 0 radical (unpaired) electrons. The lowest BCUT2D eigenvalue weighted by Gasteiger charge is -2.24. The fraction of sp³-hybridized carbons (Fsp3) is 0.538. The smallest absolute Gasteiger partial charge is 0.406 e. The van der Waals surface area contributed by atoms with Crippen LogP contribution in [0.1, 0.15) is 18.4 Å². The van der Waals surface area contributed by atoms with Crippen LogP contribution in [0.25, 0.3) is 0 Å². The van der Waals surface area contributed by atoms with Crippen LogP contribution in [0.2, 0.25) is 0 Å². The number of hydrogen-bond acceptors (Lipinski definition) is 3. The van der Waals surface area contributed by atoms with Crippen LogP contribution in [0.3, 0.4) is 0 Å². The number of ether oxygens (including phenoxy) is 1. The van der Waals surface area contributed by atoms with Gasteiger partial charge in [-0.15, -0.1) is 13.2 Å². The zero-order chi connectivity index (χ0) is 13.7. The minimum absolute atomic E-state index is 0.173.